The highest BCUT2D eigenvalue weighted by atomic mass is 32.2. The average Bonchev–Trinajstić information content (AvgIpc) is 3.46. The first-order valence-electron chi connectivity index (χ1n) is 11.7. The quantitative estimate of drug-likeness (QED) is 0.173. The van der Waals surface area contributed by atoms with E-state index < -0.39 is 27.7 Å². The predicted molar refractivity (Wildman–Crippen MR) is 134 cm³/mol. The molecule has 13 heteroatoms. The highest BCUT2D eigenvalue weighted by molar-refractivity contribution is 8.01. The van der Waals surface area contributed by atoms with Crippen molar-refractivity contribution in [3.8, 4) is 0 Å². The summed E-state index contributed by atoms with van der Waals surface area (Å²) in [5.41, 5.74) is 1.38. The molecule has 0 aliphatic carbocycles. The van der Waals surface area contributed by atoms with Gasteiger partial charge in [0.15, 0.2) is 5.69 Å². The number of aromatic nitrogens is 3. The minimum absolute atomic E-state index is 0.0316. The molecule has 0 radical (unpaired) electrons. The molecule has 0 N–H and O–H groups in total. The first-order chi connectivity index (χ1) is 18.2. The van der Waals surface area contributed by atoms with E-state index in [2.05, 4.69) is 10.2 Å². The van der Waals surface area contributed by atoms with E-state index in [0.717, 1.165) is 5.56 Å². The Morgan fingerprint density at radius 1 is 1.11 bits per heavy atom. The number of hydrogen-bond acceptors (Lipinski definition) is 10. The van der Waals surface area contributed by atoms with Gasteiger partial charge in [-0.2, -0.15) is 9.90 Å². The number of nitro groups is 1. The molecule has 196 valence electrons. The van der Waals surface area contributed by atoms with Crippen LogP contribution in [0.15, 0.2) is 60.8 Å². The molecule has 2 aromatic carbocycles. The number of β-lactam (4-membered cyclic amide) rings is 1. The molecule has 12 nitrogen and oxygen atoms in total. The van der Waals surface area contributed by atoms with Gasteiger partial charge in [0, 0.05) is 12.1 Å². The van der Waals surface area contributed by atoms with Crippen molar-refractivity contribution in [3.05, 3.63) is 87.7 Å². The van der Waals surface area contributed by atoms with Gasteiger partial charge in [-0.3, -0.25) is 14.9 Å². The van der Waals surface area contributed by atoms with Crippen molar-refractivity contribution in [2.24, 2.45) is 0 Å². The summed E-state index contributed by atoms with van der Waals surface area (Å²) >= 11 is 1.46. The van der Waals surface area contributed by atoms with E-state index in [1.165, 1.54) is 51.9 Å². The minimum atomic E-state index is -0.892. The summed E-state index contributed by atoms with van der Waals surface area (Å²) in [6.45, 7) is 1.97. The predicted octanol–water partition coefficient (Wildman–Crippen LogP) is 2.72. The van der Waals surface area contributed by atoms with Crippen molar-refractivity contribution in [2.45, 2.75) is 49.3 Å². The van der Waals surface area contributed by atoms with Crippen molar-refractivity contribution < 1.29 is 28.8 Å². The van der Waals surface area contributed by atoms with Gasteiger partial charge in [-0.05, 0) is 30.2 Å². The van der Waals surface area contributed by atoms with Crippen molar-refractivity contribution >= 4 is 35.3 Å². The second kappa shape index (κ2) is 10.2. The Kier molecular flexibility index (Phi) is 6.85. The Bertz CT molecular complexity index is 1380. The number of non-ortho nitro benzene ring substituents is 1. The Balaban J connectivity index is 1.25. The molecule has 0 bridgehead atoms. The molecule has 0 unspecified atom stereocenters. The second-order valence-corrected chi connectivity index (χ2v) is 10.9. The lowest BCUT2D eigenvalue weighted by atomic mass is 9.96. The van der Waals surface area contributed by atoms with Gasteiger partial charge in [0.25, 0.3) is 5.69 Å². The third kappa shape index (κ3) is 5.09. The van der Waals surface area contributed by atoms with E-state index in [9.17, 15) is 24.5 Å². The number of esters is 2. The van der Waals surface area contributed by atoms with Crippen LogP contribution < -0.4 is 0 Å². The highest BCUT2D eigenvalue weighted by Gasteiger charge is 2.61. The second-order valence-electron chi connectivity index (χ2n) is 9.15. The smallest absolute Gasteiger partial charge is 0.360 e. The molecule has 1 aromatic heterocycles. The average molecular weight is 538 g/mol. The van der Waals surface area contributed by atoms with Gasteiger partial charge in [0.2, 0.25) is 5.91 Å². The molecule has 3 atom stereocenters. The number of carbonyl (C=O) groups excluding carboxylic acids is 3. The molecule has 3 aromatic rings. The number of benzene rings is 2. The van der Waals surface area contributed by atoms with Crippen LogP contribution >= 0.6 is 11.8 Å². The lowest BCUT2D eigenvalue weighted by Crippen LogP contribution is -2.58. The van der Waals surface area contributed by atoms with E-state index in [1.54, 1.807) is 0 Å². The molecule has 38 heavy (non-hydrogen) atoms. The van der Waals surface area contributed by atoms with E-state index in [1.807, 2.05) is 37.3 Å². The standard InChI is InChI=1S/C25H23N5O7S/c1-25(15-28-26-12-19(27-28)23(32)36-13-16-5-3-2-4-6-16)22(29-20(31)11-21(29)38-25)24(33)37-14-17-7-9-18(10-8-17)30(34)35/h2-10,12,21-22H,11,13-15H2,1H3/t21-,22+,25+/m1/s1. The van der Waals surface area contributed by atoms with Gasteiger partial charge in [-0.1, -0.05) is 30.3 Å². The lowest BCUT2D eigenvalue weighted by Gasteiger charge is -2.37. The van der Waals surface area contributed by atoms with E-state index in [4.69, 9.17) is 9.47 Å². The van der Waals surface area contributed by atoms with Crippen LogP contribution in [0, 0.1) is 10.1 Å². The van der Waals surface area contributed by atoms with Gasteiger partial charge < -0.3 is 14.4 Å². The van der Waals surface area contributed by atoms with E-state index >= 15 is 0 Å². The summed E-state index contributed by atoms with van der Waals surface area (Å²) in [4.78, 5) is 51.2. The summed E-state index contributed by atoms with van der Waals surface area (Å²) in [5.74, 6) is -1.37. The van der Waals surface area contributed by atoms with Gasteiger partial charge in [0.1, 0.15) is 19.3 Å². The van der Waals surface area contributed by atoms with Crippen LogP contribution in [0.1, 0.15) is 35.0 Å². The van der Waals surface area contributed by atoms with Crippen molar-refractivity contribution in [1.29, 1.82) is 0 Å². The number of thioether (sulfide) groups is 1. The molecule has 0 spiro atoms. The Morgan fingerprint density at radius 3 is 2.47 bits per heavy atom. The number of fused-ring (bicyclic) bond motifs is 1. The third-order valence-electron chi connectivity index (χ3n) is 6.37. The van der Waals surface area contributed by atoms with Crippen molar-refractivity contribution in [2.75, 3.05) is 0 Å². The van der Waals surface area contributed by atoms with Crippen LogP contribution in [0.2, 0.25) is 0 Å². The number of nitro benzene ring substituents is 1. The van der Waals surface area contributed by atoms with Crippen LogP contribution in [-0.2, 0) is 38.8 Å². The zero-order valence-electron chi connectivity index (χ0n) is 20.3. The maximum atomic E-state index is 13.2. The highest BCUT2D eigenvalue weighted by Crippen LogP contribution is 2.51. The van der Waals surface area contributed by atoms with Gasteiger partial charge in [0.05, 0.1) is 34.2 Å². The maximum absolute atomic E-state index is 13.2. The van der Waals surface area contributed by atoms with Crippen molar-refractivity contribution in [1.82, 2.24) is 19.9 Å². The van der Waals surface area contributed by atoms with Crippen LogP contribution in [0.5, 0.6) is 0 Å². The topological polar surface area (TPSA) is 147 Å². The molecule has 2 saturated heterocycles. The number of hydrogen-bond donors (Lipinski definition) is 0. The fourth-order valence-corrected chi connectivity index (χ4v) is 6.19. The molecule has 3 heterocycles. The number of amides is 1. The lowest BCUT2D eigenvalue weighted by molar-refractivity contribution is -0.384. The van der Waals surface area contributed by atoms with Crippen LogP contribution in [0.25, 0.3) is 0 Å². The Labute approximate surface area is 221 Å². The molecule has 2 fully saturated rings. The zero-order chi connectivity index (χ0) is 26.9. The summed E-state index contributed by atoms with van der Waals surface area (Å²) in [6, 6.07) is 14.0. The molecular weight excluding hydrogens is 514 g/mol. The number of ether oxygens (including phenoxy) is 2. The summed E-state index contributed by atoms with van der Waals surface area (Å²) in [6.07, 6.45) is 1.62. The van der Waals surface area contributed by atoms with Gasteiger partial charge >= 0.3 is 11.9 Å². The Morgan fingerprint density at radius 2 is 1.79 bits per heavy atom. The molecular formula is C25H23N5O7S. The molecule has 2 aliphatic rings. The first kappa shape index (κ1) is 25.4. The van der Waals surface area contributed by atoms with Crippen molar-refractivity contribution in [3.63, 3.8) is 0 Å². The number of carbonyl (C=O) groups is 3. The summed E-state index contributed by atoms with van der Waals surface area (Å²) in [5, 5.41) is 19.1. The fourth-order valence-electron chi connectivity index (χ4n) is 4.46. The summed E-state index contributed by atoms with van der Waals surface area (Å²) in [7, 11) is 0. The SMILES string of the molecule is C[C@@]1(Cn2ncc(C(=O)OCc3ccccc3)n2)S[C@@H]2CC(=O)N2[C@H]1C(=O)OCc1ccc([N+](=O)[O-])cc1. The van der Waals surface area contributed by atoms with Crippen LogP contribution in [0.4, 0.5) is 5.69 Å². The summed E-state index contributed by atoms with van der Waals surface area (Å²) < 4.78 is 10.0. The fraction of sp³-hybridized carbons (Fsp3) is 0.320. The molecule has 1 amide bonds. The third-order valence-corrected chi connectivity index (χ3v) is 7.93. The molecule has 0 saturated carbocycles. The normalized spacial score (nSPS) is 21.9. The first-order valence-corrected chi connectivity index (χ1v) is 12.6. The number of nitrogens with zero attached hydrogens (tertiary/aromatic N) is 5. The number of rotatable bonds is 9. The van der Waals surface area contributed by atoms with Gasteiger partial charge in [-0.15, -0.1) is 16.9 Å². The minimum Gasteiger partial charge on any atom is -0.459 e. The zero-order valence-corrected chi connectivity index (χ0v) is 21.1. The Hall–Kier alpha value is -4.26. The van der Waals surface area contributed by atoms with Gasteiger partial charge in [-0.25, -0.2) is 9.59 Å². The molecule has 2 aliphatic heterocycles. The van der Waals surface area contributed by atoms with E-state index in [0.29, 0.717) is 12.0 Å². The maximum Gasteiger partial charge on any atom is 0.360 e. The monoisotopic (exact) mass is 537 g/mol. The van der Waals surface area contributed by atoms with Crippen LogP contribution in [-0.4, -0.2) is 58.8 Å². The van der Waals surface area contributed by atoms with E-state index in [-0.39, 0.29) is 42.4 Å². The molecule has 5 rings (SSSR count). The van der Waals surface area contributed by atoms with Crippen LogP contribution in [0.3, 0.4) is 0 Å². The largest absolute Gasteiger partial charge is 0.459 e.